The van der Waals surface area contributed by atoms with E-state index < -0.39 is 5.82 Å². The molecule has 68 valence electrons. The topological polar surface area (TPSA) is 29.5 Å². The zero-order valence-corrected chi connectivity index (χ0v) is 7.69. The van der Waals surface area contributed by atoms with Crippen LogP contribution in [0.2, 0.25) is 0 Å². The van der Waals surface area contributed by atoms with Crippen molar-refractivity contribution >= 4 is 21.4 Å². The van der Waals surface area contributed by atoms with Crippen molar-refractivity contribution in [2.45, 2.75) is 0 Å². The summed E-state index contributed by atoms with van der Waals surface area (Å²) in [5.74, 6) is 0.0000954. The van der Waals surface area contributed by atoms with Gasteiger partial charge in [-0.3, -0.25) is 0 Å². The van der Waals surface area contributed by atoms with E-state index in [9.17, 15) is 9.50 Å². The van der Waals surface area contributed by atoms with Crippen LogP contribution in [-0.4, -0.2) is 12.2 Å². The maximum atomic E-state index is 13.3. The zero-order valence-electron chi connectivity index (χ0n) is 6.87. The smallest absolute Gasteiger partial charge is 0.139 e. The Hall–Kier alpha value is -1.29. The van der Waals surface area contributed by atoms with Gasteiger partial charge in [-0.25, -0.2) is 4.39 Å². The van der Waals surface area contributed by atoms with Gasteiger partial charge in [0.2, 0.25) is 0 Å². The summed E-state index contributed by atoms with van der Waals surface area (Å²) in [4.78, 5) is 0. The molecule has 4 heteroatoms. The number of halogens is 1. The Morgan fingerprint density at radius 1 is 1.46 bits per heavy atom. The molecule has 0 unspecified atom stereocenters. The van der Waals surface area contributed by atoms with Crippen LogP contribution in [0.15, 0.2) is 17.5 Å². The van der Waals surface area contributed by atoms with Gasteiger partial charge in [-0.1, -0.05) is 0 Å². The van der Waals surface area contributed by atoms with Crippen LogP contribution in [0.5, 0.6) is 11.5 Å². The summed E-state index contributed by atoms with van der Waals surface area (Å²) in [6, 6.07) is 2.96. The molecule has 0 fully saturated rings. The maximum Gasteiger partial charge on any atom is 0.139 e. The third kappa shape index (κ3) is 1.23. The number of benzene rings is 1. The molecule has 0 amide bonds. The molecule has 0 spiro atoms. The molecule has 0 aliphatic heterocycles. The van der Waals surface area contributed by atoms with Crippen LogP contribution in [0, 0.1) is 5.82 Å². The summed E-state index contributed by atoms with van der Waals surface area (Å²) < 4.78 is 18.9. The lowest BCUT2D eigenvalue weighted by Crippen LogP contribution is -1.83. The molecule has 1 aromatic heterocycles. The van der Waals surface area contributed by atoms with E-state index in [1.54, 1.807) is 6.07 Å². The van der Waals surface area contributed by atoms with E-state index in [1.807, 2.05) is 0 Å². The standard InChI is InChI=1S/C9H7FO2S/c1-12-5-2-6(10)9-7(11)4-13-8(9)3-5/h2-4,11H,1H3. The summed E-state index contributed by atoms with van der Waals surface area (Å²) in [5, 5.41) is 11.1. The normalized spacial score (nSPS) is 10.6. The summed E-state index contributed by atoms with van der Waals surface area (Å²) in [5.41, 5.74) is 0. The van der Waals surface area contributed by atoms with Crippen LogP contribution >= 0.6 is 11.3 Å². The Morgan fingerprint density at radius 2 is 2.23 bits per heavy atom. The van der Waals surface area contributed by atoms with Gasteiger partial charge in [-0.05, 0) is 6.07 Å². The first-order chi connectivity index (χ1) is 6.22. The molecule has 0 aliphatic rings. The van der Waals surface area contributed by atoms with Gasteiger partial charge in [-0.2, -0.15) is 0 Å². The minimum Gasteiger partial charge on any atom is -0.506 e. The minimum atomic E-state index is -0.451. The van der Waals surface area contributed by atoms with E-state index in [4.69, 9.17) is 4.74 Å². The molecule has 1 heterocycles. The van der Waals surface area contributed by atoms with Gasteiger partial charge < -0.3 is 9.84 Å². The van der Waals surface area contributed by atoms with Crippen molar-refractivity contribution in [2.75, 3.05) is 7.11 Å². The Morgan fingerprint density at radius 3 is 2.92 bits per heavy atom. The fourth-order valence-corrected chi connectivity index (χ4v) is 2.06. The lowest BCUT2D eigenvalue weighted by Gasteiger charge is -2.00. The highest BCUT2D eigenvalue weighted by molar-refractivity contribution is 7.17. The molecule has 1 N–H and O–H groups in total. The first-order valence-electron chi connectivity index (χ1n) is 3.66. The number of rotatable bonds is 1. The number of ether oxygens (including phenoxy) is 1. The van der Waals surface area contributed by atoms with E-state index in [2.05, 4.69) is 0 Å². The van der Waals surface area contributed by atoms with Crippen molar-refractivity contribution in [2.24, 2.45) is 0 Å². The van der Waals surface area contributed by atoms with Crippen LogP contribution < -0.4 is 4.74 Å². The first-order valence-corrected chi connectivity index (χ1v) is 4.54. The molecule has 0 saturated carbocycles. The van der Waals surface area contributed by atoms with Crippen LogP contribution in [0.3, 0.4) is 0 Å². The monoisotopic (exact) mass is 198 g/mol. The van der Waals surface area contributed by atoms with Gasteiger partial charge >= 0.3 is 0 Å². The van der Waals surface area contributed by atoms with Gasteiger partial charge in [0.15, 0.2) is 0 Å². The van der Waals surface area contributed by atoms with Gasteiger partial charge in [0.25, 0.3) is 0 Å². The van der Waals surface area contributed by atoms with Gasteiger partial charge in [-0.15, -0.1) is 11.3 Å². The Kier molecular flexibility index (Phi) is 1.84. The number of aromatic hydroxyl groups is 1. The van der Waals surface area contributed by atoms with Crippen LogP contribution in [-0.2, 0) is 0 Å². The molecule has 0 radical (unpaired) electrons. The van der Waals surface area contributed by atoms with E-state index in [0.29, 0.717) is 10.4 Å². The van der Waals surface area contributed by atoms with Crippen molar-refractivity contribution in [1.82, 2.24) is 0 Å². The molecular formula is C9H7FO2S. The van der Waals surface area contributed by atoms with E-state index in [1.165, 1.54) is 29.9 Å². The summed E-state index contributed by atoms with van der Waals surface area (Å²) in [7, 11) is 1.48. The highest BCUT2D eigenvalue weighted by atomic mass is 32.1. The Labute approximate surface area is 78.2 Å². The number of fused-ring (bicyclic) bond motifs is 1. The average Bonchev–Trinajstić information content (AvgIpc) is 2.48. The number of hydrogen-bond acceptors (Lipinski definition) is 3. The summed E-state index contributed by atoms with van der Waals surface area (Å²) >= 11 is 1.29. The lowest BCUT2D eigenvalue weighted by molar-refractivity contribution is 0.412. The summed E-state index contributed by atoms with van der Waals surface area (Å²) in [6.07, 6.45) is 0. The highest BCUT2D eigenvalue weighted by Crippen LogP contribution is 2.35. The molecule has 0 bridgehead atoms. The first kappa shape index (κ1) is 8.31. The Balaban J connectivity index is 2.79. The van der Waals surface area contributed by atoms with Crippen molar-refractivity contribution in [3.63, 3.8) is 0 Å². The molecule has 0 aliphatic carbocycles. The SMILES string of the molecule is COc1cc(F)c2c(O)csc2c1. The fourth-order valence-electron chi connectivity index (χ4n) is 1.20. The van der Waals surface area contributed by atoms with E-state index in [-0.39, 0.29) is 11.1 Å². The van der Waals surface area contributed by atoms with E-state index >= 15 is 0 Å². The zero-order chi connectivity index (χ0) is 9.42. The van der Waals surface area contributed by atoms with Gasteiger partial charge in [0.05, 0.1) is 12.5 Å². The maximum absolute atomic E-state index is 13.3. The molecule has 13 heavy (non-hydrogen) atoms. The second-order valence-electron chi connectivity index (χ2n) is 2.60. The third-order valence-electron chi connectivity index (χ3n) is 1.82. The molecule has 2 rings (SSSR count). The van der Waals surface area contributed by atoms with Crippen LogP contribution in [0.1, 0.15) is 0 Å². The number of methoxy groups -OCH3 is 1. The lowest BCUT2D eigenvalue weighted by atomic mass is 10.2. The predicted octanol–water partition coefficient (Wildman–Crippen LogP) is 2.75. The molecule has 0 atom stereocenters. The third-order valence-corrected chi connectivity index (χ3v) is 2.73. The van der Waals surface area contributed by atoms with Crippen LogP contribution in [0.25, 0.3) is 10.1 Å². The van der Waals surface area contributed by atoms with Crippen LogP contribution in [0.4, 0.5) is 4.39 Å². The van der Waals surface area contributed by atoms with Gasteiger partial charge in [0.1, 0.15) is 17.3 Å². The highest BCUT2D eigenvalue weighted by Gasteiger charge is 2.09. The van der Waals surface area contributed by atoms with E-state index in [0.717, 1.165) is 0 Å². The quantitative estimate of drug-likeness (QED) is 0.763. The predicted molar refractivity (Wildman–Crippen MR) is 50.0 cm³/mol. The molecule has 1 aromatic carbocycles. The molecule has 0 saturated heterocycles. The van der Waals surface area contributed by atoms with Crippen molar-refractivity contribution in [3.8, 4) is 11.5 Å². The molecular weight excluding hydrogens is 191 g/mol. The number of hydrogen-bond donors (Lipinski definition) is 1. The van der Waals surface area contributed by atoms with Crippen molar-refractivity contribution < 1.29 is 14.2 Å². The molecule has 2 nitrogen and oxygen atoms in total. The second kappa shape index (κ2) is 2.88. The van der Waals surface area contributed by atoms with Crippen molar-refractivity contribution in [3.05, 3.63) is 23.3 Å². The molecule has 2 aromatic rings. The van der Waals surface area contributed by atoms with Gasteiger partial charge in [0, 0.05) is 16.1 Å². The number of thiophene rings is 1. The summed E-state index contributed by atoms with van der Waals surface area (Å²) in [6.45, 7) is 0. The Bertz CT molecular complexity index is 450. The average molecular weight is 198 g/mol. The van der Waals surface area contributed by atoms with Crippen molar-refractivity contribution in [1.29, 1.82) is 0 Å². The second-order valence-corrected chi connectivity index (χ2v) is 3.51. The fraction of sp³-hybridized carbons (Fsp3) is 0.111. The largest absolute Gasteiger partial charge is 0.506 e. The minimum absolute atomic E-state index is 0.0137.